The first kappa shape index (κ1) is 28.9. The van der Waals surface area contributed by atoms with Gasteiger partial charge in [-0.15, -0.1) is 0 Å². The molecule has 0 radical (unpaired) electrons. The Balaban J connectivity index is 2.23. The Hall–Kier alpha value is -3.33. The number of aliphatic carboxylic acids is 1. The largest absolute Gasteiger partial charge is 0.481 e. The number of carboxylic acid groups (broad SMARTS) is 1. The number of carbonyl (C=O) groups excluding carboxylic acids is 2. The van der Waals surface area contributed by atoms with Crippen molar-refractivity contribution in [3.63, 3.8) is 0 Å². The topological polar surface area (TPSA) is 137 Å². The summed E-state index contributed by atoms with van der Waals surface area (Å²) in [5.74, 6) is -1.13. The molecule has 10 heteroatoms. The van der Waals surface area contributed by atoms with Gasteiger partial charge in [0.2, 0.25) is 11.8 Å². The van der Waals surface area contributed by atoms with E-state index in [1.165, 1.54) is 4.90 Å². The zero-order valence-electron chi connectivity index (χ0n) is 21.1. The Morgan fingerprint density at radius 1 is 1.22 bits per heavy atom. The molecule has 0 heterocycles. The second-order valence-electron chi connectivity index (χ2n) is 9.30. The average Bonchev–Trinajstić information content (AvgIpc) is 3.29. The van der Waals surface area contributed by atoms with Crippen molar-refractivity contribution in [2.24, 2.45) is 16.6 Å². The van der Waals surface area contributed by atoms with E-state index in [9.17, 15) is 19.5 Å². The second kappa shape index (κ2) is 13.7. The minimum absolute atomic E-state index is 0.0113. The molecule has 2 rings (SSSR count). The number of halogens is 1. The molecule has 0 spiro atoms. The number of likely N-dealkylation sites (N-methyl/N-ethyl adjacent to an activating group) is 1. The summed E-state index contributed by atoms with van der Waals surface area (Å²) in [6, 6.07) is 7.34. The number of carboxylic acids is 1. The van der Waals surface area contributed by atoms with Crippen LogP contribution in [0.25, 0.3) is 0 Å². The number of rotatable bonds is 12. The number of nitrogens with one attached hydrogen (secondary N) is 2. The van der Waals surface area contributed by atoms with Crippen molar-refractivity contribution in [3.8, 4) is 0 Å². The Morgan fingerprint density at radius 3 is 2.36 bits per heavy atom. The lowest BCUT2D eigenvalue weighted by Crippen LogP contribution is -2.40. The molecule has 0 atom stereocenters. The Labute approximate surface area is 217 Å². The predicted octanol–water partition coefficient (Wildman–Crippen LogP) is 3.61. The molecule has 0 unspecified atom stereocenters. The highest BCUT2D eigenvalue weighted by atomic mass is 35.5. The molecular formula is C26H36ClN5O4. The number of hydrogen-bond donors (Lipinski definition) is 4. The van der Waals surface area contributed by atoms with Crippen LogP contribution in [-0.2, 0) is 20.8 Å². The molecule has 0 aromatic heterocycles. The fourth-order valence-corrected chi connectivity index (χ4v) is 3.99. The highest BCUT2D eigenvalue weighted by molar-refractivity contribution is 6.31. The van der Waals surface area contributed by atoms with Gasteiger partial charge >= 0.3 is 5.97 Å². The van der Waals surface area contributed by atoms with Crippen LogP contribution in [-0.4, -0.2) is 53.3 Å². The first-order chi connectivity index (χ1) is 17.0. The van der Waals surface area contributed by atoms with Crippen LogP contribution < -0.4 is 16.4 Å². The van der Waals surface area contributed by atoms with Gasteiger partial charge in [0.15, 0.2) is 0 Å². The van der Waals surface area contributed by atoms with Crippen molar-refractivity contribution >= 4 is 40.9 Å². The zero-order chi connectivity index (χ0) is 26.8. The Bertz CT molecular complexity index is 1030. The van der Waals surface area contributed by atoms with Crippen LogP contribution in [0.5, 0.6) is 0 Å². The van der Waals surface area contributed by atoms with E-state index in [-0.39, 0.29) is 59.0 Å². The normalized spacial score (nSPS) is 14.9. The molecule has 36 heavy (non-hydrogen) atoms. The number of anilines is 1. The number of nitrogens with zero attached hydrogens (tertiary/aromatic N) is 2. The number of hydrogen-bond acceptors (Lipinski definition) is 5. The van der Waals surface area contributed by atoms with Crippen LogP contribution >= 0.6 is 11.6 Å². The number of nitrogens with two attached hydrogens (primary N) is 1. The summed E-state index contributed by atoms with van der Waals surface area (Å²) in [5, 5.41) is 15.2. The third kappa shape index (κ3) is 9.37. The van der Waals surface area contributed by atoms with Crippen LogP contribution in [0, 0.1) is 5.92 Å². The first-order valence-corrected chi connectivity index (χ1v) is 12.4. The third-order valence-electron chi connectivity index (χ3n) is 5.77. The maximum Gasteiger partial charge on any atom is 0.308 e. The molecule has 1 saturated carbocycles. The zero-order valence-corrected chi connectivity index (χ0v) is 21.9. The van der Waals surface area contributed by atoms with E-state index in [1.807, 2.05) is 26.0 Å². The average molecular weight is 518 g/mol. The molecule has 1 fully saturated rings. The van der Waals surface area contributed by atoms with E-state index in [2.05, 4.69) is 22.2 Å². The van der Waals surface area contributed by atoms with Gasteiger partial charge in [0.1, 0.15) is 11.7 Å². The number of benzene rings is 1. The molecule has 0 saturated heterocycles. The van der Waals surface area contributed by atoms with Crippen LogP contribution in [0.1, 0.15) is 51.5 Å². The number of amidine groups is 1. The quantitative estimate of drug-likeness (QED) is 0.190. The molecule has 1 aliphatic carbocycles. The predicted molar refractivity (Wildman–Crippen MR) is 143 cm³/mol. The van der Waals surface area contributed by atoms with E-state index in [4.69, 9.17) is 17.3 Å². The monoisotopic (exact) mass is 517 g/mol. The van der Waals surface area contributed by atoms with Gasteiger partial charge in [-0.05, 0) is 30.5 Å². The van der Waals surface area contributed by atoms with Crippen molar-refractivity contribution < 1.29 is 19.5 Å². The lowest BCUT2D eigenvalue weighted by atomic mass is 10.1. The van der Waals surface area contributed by atoms with Crippen molar-refractivity contribution in [2.45, 2.75) is 58.4 Å². The smallest absolute Gasteiger partial charge is 0.308 e. The van der Waals surface area contributed by atoms with E-state index < -0.39 is 12.4 Å². The summed E-state index contributed by atoms with van der Waals surface area (Å²) in [7, 11) is 1.63. The fraction of sp³-hybridized carbons (Fsp3) is 0.462. The first-order valence-electron chi connectivity index (χ1n) is 12.0. The standard InChI is InChI=1S/C26H36ClN5O4/c1-16(2)26(36)30-20-11-9-18(10-12-20)13-22(28)31-25(21(17(3)27)14-24(34)35)32(4)15-23(33)29-19-7-5-6-8-19/h9-12,16,19H,3,5-8,13-15H2,1-2,4H3,(H2,28,31)(H,29,33)(H,30,36)(H,34,35)/b25-21+. The van der Waals surface area contributed by atoms with Crippen molar-refractivity contribution in [1.82, 2.24) is 10.2 Å². The van der Waals surface area contributed by atoms with Gasteiger partial charge in [0.25, 0.3) is 0 Å². The molecule has 0 bridgehead atoms. The van der Waals surface area contributed by atoms with Crippen molar-refractivity contribution in [2.75, 3.05) is 18.9 Å². The Kier molecular flexibility index (Phi) is 11.0. The fourth-order valence-electron chi connectivity index (χ4n) is 3.84. The van der Waals surface area contributed by atoms with Crippen LogP contribution in [0.2, 0.25) is 0 Å². The molecule has 1 aliphatic rings. The molecule has 2 amide bonds. The third-order valence-corrected chi connectivity index (χ3v) is 6.00. The van der Waals surface area contributed by atoms with E-state index in [1.54, 1.807) is 19.2 Å². The lowest BCUT2D eigenvalue weighted by molar-refractivity contribution is -0.136. The molecule has 0 aliphatic heterocycles. The molecule has 196 valence electrons. The summed E-state index contributed by atoms with van der Waals surface area (Å²) >= 11 is 6.14. The van der Waals surface area contributed by atoms with Gasteiger partial charge in [-0.2, -0.15) is 0 Å². The molecule has 1 aromatic carbocycles. The summed E-state index contributed by atoms with van der Waals surface area (Å²) in [6.45, 7) is 7.27. The maximum absolute atomic E-state index is 12.6. The Morgan fingerprint density at radius 2 is 1.83 bits per heavy atom. The summed E-state index contributed by atoms with van der Waals surface area (Å²) in [4.78, 5) is 42.0. The molecule has 5 N–H and O–H groups in total. The molecule has 1 aromatic rings. The number of allylic oxidation sites excluding steroid dienone is 1. The van der Waals surface area contributed by atoms with Gasteiger partial charge in [0, 0.05) is 41.7 Å². The minimum atomic E-state index is -1.11. The van der Waals surface area contributed by atoms with Crippen LogP contribution in [0.4, 0.5) is 5.69 Å². The van der Waals surface area contributed by atoms with Crippen LogP contribution in [0.3, 0.4) is 0 Å². The summed E-state index contributed by atoms with van der Waals surface area (Å²) in [6.07, 6.45) is 3.92. The van der Waals surface area contributed by atoms with E-state index in [0.717, 1.165) is 31.2 Å². The van der Waals surface area contributed by atoms with Gasteiger partial charge in [-0.3, -0.25) is 14.4 Å². The highest BCUT2D eigenvalue weighted by Gasteiger charge is 2.21. The molecule has 9 nitrogen and oxygen atoms in total. The lowest BCUT2D eigenvalue weighted by Gasteiger charge is -2.23. The minimum Gasteiger partial charge on any atom is -0.481 e. The second-order valence-corrected chi connectivity index (χ2v) is 9.76. The SMILES string of the molecule is C=C(Cl)/C(CC(=O)O)=C(\N=C(/N)Cc1ccc(NC(=O)C(C)C)cc1)N(C)CC(=O)NC1CCCC1. The van der Waals surface area contributed by atoms with E-state index in [0.29, 0.717) is 5.69 Å². The summed E-state index contributed by atoms with van der Waals surface area (Å²) < 4.78 is 0. The van der Waals surface area contributed by atoms with Crippen molar-refractivity contribution in [1.29, 1.82) is 0 Å². The number of aliphatic imine (C=N–C) groups is 1. The van der Waals surface area contributed by atoms with Crippen molar-refractivity contribution in [3.05, 3.63) is 52.8 Å². The number of amides is 2. The number of carbonyl (C=O) groups is 3. The van der Waals surface area contributed by atoms with Crippen LogP contribution in [0.15, 0.2) is 52.3 Å². The molecular weight excluding hydrogens is 482 g/mol. The van der Waals surface area contributed by atoms with Gasteiger partial charge < -0.3 is 26.4 Å². The highest BCUT2D eigenvalue weighted by Crippen LogP contribution is 2.24. The van der Waals surface area contributed by atoms with Gasteiger partial charge in [0.05, 0.1) is 13.0 Å². The van der Waals surface area contributed by atoms with Gasteiger partial charge in [-0.25, -0.2) is 4.99 Å². The van der Waals surface area contributed by atoms with Gasteiger partial charge in [-0.1, -0.05) is 57.0 Å². The summed E-state index contributed by atoms with van der Waals surface area (Å²) in [5.41, 5.74) is 7.92. The van der Waals surface area contributed by atoms with E-state index >= 15 is 0 Å². The maximum atomic E-state index is 12.6.